The fraction of sp³-hybridized carbons (Fsp3) is 0.389. The number of nitrogens with zero attached hydrogens (tertiary/aromatic N) is 2. The molecule has 1 saturated heterocycles. The number of nitrogens with two attached hydrogens (primary N) is 1. The maximum absolute atomic E-state index is 12.7. The molecule has 2 unspecified atom stereocenters. The number of piperidine rings is 1. The first kappa shape index (κ1) is 15.5. The van der Waals surface area contributed by atoms with Crippen LogP contribution in [0.25, 0.3) is 10.9 Å². The Morgan fingerprint density at radius 1 is 1.26 bits per heavy atom. The number of fused-ring (bicyclic) bond motifs is 1. The maximum atomic E-state index is 12.7. The van der Waals surface area contributed by atoms with Gasteiger partial charge in [0.2, 0.25) is 11.8 Å². The molecule has 2 amide bonds. The van der Waals surface area contributed by atoms with Gasteiger partial charge in [-0.1, -0.05) is 24.3 Å². The van der Waals surface area contributed by atoms with E-state index in [0.717, 1.165) is 29.3 Å². The lowest BCUT2D eigenvalue weighted by atomic mass is 9.92. The number of benzene rings is 1. The van der Waals surface area contributed by atoms with Crippen molar-refractivity contribution in [3.05, 3.63) is 42.1 Å². The van der Waals surface area contributed by atoms with E-state index in [1.165, 1.54) is 0 Å². The lowest BCUT2D eigenvalue weighted by Crippen LogP contribution is -2.49. The highest BCUT2D eigenvalue weighted by atomic mass is 16.2. The number of hydrogen-bond acceptors (Lipinski definition) is 3. The first-order valence-corrected chi connectivity index (χ1v) is 7.97. The third-order valence-corrected chi connectivity index (χ3v) is 4.66. The van der Waals surface area contributed by atoms with Gasteiger partial charge in [-0.05, 0) is 31.4 Å². The van der Waals surface area contributed by atoms with Crippen molar-refractivity contribution in [3.63, 3.8) is 0 Å². The number of amides is 2. The predicted molar refractivity (Wildman–Crippen MR) is 88.5 cm³/mol. The number of para-hydroxylation sites is 1. The minimum absolute atomic E-state index is 0.0293. The van der Waals surface area contributed by atoms with E-state index in [0.29, 0.717) is 13.0 Å². The number of aromatic nitrogens is 1. The van der Waals surface area contributed by atoms with Gasteiger partial charge in [0.1, 0.15) is 0 Å². The van der Waals surface area contributed by atoms with E-state index in [-0.39, 0.29) is 23.8 Å². The minimum Gasteiger partial charge on any atom is -0.369 e. The minimum atomic E-state index is -0.318. The van der Waals surface area contributed by atoms with E-state index >= 15 is 0 Å². The first-order valence-electron chi connectivity index (χ1n) is 7.97. The Hall–Kier alpha value is -2.43. The molecule has 5 heteroatoms. The topological polar surface area (TPSA) is 76.3 Å². The smallest absolute Gasteiger partial charge is 0.227 e. The highest BCUT2D eigenvalue weighted by Crippen LogP contribution is 2.24. The molecule has 1 aromatic heterocycles. The lowest BCUT2D eigenvalue weighted by Gasteiger charge is -2.37. The number of rotatable bonds is 3. The molecule has 0 bridgehead atoms. The molecule has 5 nitrogen and oxygen atoms in total. The zero-order valence-electron chi connectivity index (χ0n) is 13.2. The number of carbonyl (C=O) groups excluding carboxylic acids is 2. The molecular weight excluding hydrogens is 290 g/mol. The Bertz CT molecular complexity index is 739. The van der Waals surface area contributed by atoms with Crippen LogP contribution in [0.2, 0.25) is 0 Å². The van der Waals surface area contributed by atoms with Crippen LogP contribution >= 0.6 is 0 Å². The fourth-order valence-electron chi connectivity index (χ4n) is 3.26. The second-order valence-corrected chi connectivity index (χ2v) is 6.24. The molecule has 0 aliphatic carbocycles. The van der Waals surface area contributed by atoms with Crippen LogP contribution in [-0.4, -0.2) is 34.3 Å². The number of likely N-dealkylation sites (tertiary alicyclic amines) is 1. The monoisotopic (exact) mass is 311 g/mol. The van der Waals surface area contributed by atoms with Crippen molar-refractivity contribution >= 4 is 22.7 Å². The Labute approximate surface area is 135 Å². The van der Waals surface area contributed by atoms with Gasteiger partial charge in [-0.2, -0.15) is 0 Å². The van der Waals surface area contributed by atoms with Gasteiger partial charge in [0, 0.05) is 24.2 Å². The molecule has 0 spiro atoms. The fourth-order valence-corrected chi connectivity index (χ4v) is 3.26. The van der Waals surface area contributed by atoms with E-state index < -0.39 is 0 Å². The van der Waals surface area contributed by atoms with Gasteiger partial charge in [-0.15, -0.1) is 0 Å². The van der Waals surface area contributed by atoms with Crippen LogP contribution in [0, 0.1) is 5.92 Å². The van der Waals surface area contributed by atoms with Gasteiger partial charge in [-0.25, -0.2) is 0 Å². The van der Waals surface area contributed by atoms with Gasteiger partial charge in [0.25, 0.3) is 0 Å². The Morgan fingerprint density at radius 2 is 2.04 bits per heavy atom. The van der Waals surface area contributed by atoms with Crippen molar-refractivity contribution in [1.82, 2.24) is 9.88 Å². The van der Waals surface area contributed by atoms with Crippen LogP contribution in [-0.2, 0) is 16.0 Å². The van der Waals surface area contributed by atoms with Gasteiger partial charge < -0.3 is 10.6 Å². The standard InChI is InChI=1S/C18H21N3O2/c1-12-7-8-15(18(19)23)11-21(12)16(22)10-14-5-2-4-13-6-3-9-20-17(13)14/h2-6,9,12,15H,7-8,10-11H2,1H3,(H2,19,23). The quantitative estimate of drug-likeness (QED) is 0.940. The van der Waals surface area contributed by atoms with Gasteiger partial charge >= 0.3 is 0 Å². The molecule has 2 heterocycles. The van der Waals surface area contributed by atoms with E-state index in [4.69, 9.17) is 5.73 Å². The molecule has 0 saturated carbocycles. The van der Waals surface area contributed by atoms with Crippen molar-refractivity contribution in [2.75, 3.05) is 6.54 Å². The summed E-state index contributed by atoms with van der Waals surface area (Å²) in [7, 11) is 0. The Morgan fingerprint density at radius 3 is 2.83 bits per heavy atom. The highest BCUT2D eigenvalue weighted by Gasteiger charge is 2.31. The summed E-state index contributed by atoms with van der Waals surface area (Å²) in [6, 6.07) is 9.89. The van der Waals surface area contributed by atoms with E-state index in [1.54, 1.807) is 11.1 Å². The molecule has 3 rings (SSSR count). The van der Waals surface area contributed by atoms with E-state index in [9.17, 15) is 9.59 Å². The van der Waals surface area contributed by atoms with Crippen LogP contribution in [0.4, 0.5) is 0 Å². The molecule has 23 heavy (non-hydrogen) atoms. The molecular formula is C18H21N3O2. The summed E-state index contributed by atoms with van der Waals surface area (Å²) in [5, 5.41) is 1.03. The van der Waals surface area contributed by atoms with Gasteiger partial charge in [-0.3, -0.25) is 14.6 Å². The summed E-state index contributed by atoms with van der Waals surface area (Å²) in [6.07, 6.45) is 3.61. The molecule has 0 radical (unpaired) electrons. The zero-order chi connectivity index (χ0) is 16.4. The van der Waals surface area contributed by atoms with Crippen LogP contribution < -0.4 is 5.73 Å². The Balaban J connectivity index is 1.81. The summed E-state index contributed by atoms with van der Waals surface area (Å²) < 4.78 is 0. The maximum Gasteiger partial charge on any atom is 0.227 e. The number of hydrogen-bond donors (Lipinski definition) is 1. The highest BCUT2D eigenvalue weighted by molar-refractivity contribution is 5.88. The van der Waals surface area contributed by atoms with Crippen LogP contribution in [0.3, 0.4) is 0 Å². The van der Waals surface area contributed by atoms with Crippen molar-refractivity contribution < 1.29 is 9.59 Å². The normalized spacial score (nSPS) is 21.3. The first-order chi connectivity index (χ1) is 11.1. The SMILES string of the molecule is CC1CCC(C(N)=O)CN1C(=O)Cc1cccc2cccnc12. The molecule has 2 N–H and O–H groups in total. The van der Waals surface area contributed by atoms with Crippen LogP contribution in [0.5, 0.6) is 0 Å². The lowest BCUT2D eigenvalue weighted by molar-refractivity contribution is -0.136. The molecule has 1 aliphatic rings. The van der Waals surface area contributed by atoms with Gasteiger partial charge in [0.05, 0.1) is 17.9 Å². The Kier molecular flexibility index (Phi) is 4.28. The van der Waals surface area contributed by atoms with Crippen molar-refractivity contribution in [2.45, 2.75) is 32.2 Å². The van der Waals surface area contributed by atoms with Crippen molar-refractivity contribution in [2.24, 2.45) is 11.7 Å². The van der Waals surface area contributed by atoms with Gasteiger partial charge in [0.15, 0.2) is 0 Å². The summed E-state index contributed by atoms with van der Waals surface area (Å²) in [4.78, 5) is 30.4. The van der Waals surface area contributed by atoms with E-state index in [1.807, 2.05) is 37.3 Å². The third kappa shape index (κ3) is 3.18. The predicted octanol–water partition coefficient (Wildman–Crippen LogP) is 1.89. The third-order valence-electron chi connectivity index (χ3n) is 4.66. The number of pyridine rings is 1. The number of primary amides is 1. The van der Waals surface area contributed by atoms with Crippen LogP contribution in [0.1, 0.15) is 25.3 Å². The average molecular weight is 311 g/mol. The zero-order valence-corrected chi connectivity index (χ0v) is 13.2. The second kappa shape index (κ2) is 6.36. The summed E-state index contributed by atoms with van der Waals surface area (Å²) in [5.74, 6) is -0.524. The summed E-state index contributed by atoms with van der Waals surface area (Å²) in [6.45, 7) is 2.45. The average Bonchev–Trinajstić information content (AvgIpc) is 2.55. The summed E-state index contributed by atoms with van der Waals surface area (Å²) in [5.41, 5.74) is 7.19. The molecule has 2 atom stereocenters. The van der Waals surface area contributed by atoms with Crippen LogP contribution in [0.15, 0.2) is 36.5 Å². The molecule has 120 valence electrons. The largest absolute Gasteiger partial charge is 0.369 e. The molecule has 1 fully saturated rings. The molecule has 2 aromatic rings. The molecule has 1 aliphatic heterocycles. The van der Waals surface area contributed by atoms with E-state index in [2.05, 4.69) is 4.98 Å². The molecule has 1 aromatic carbocycles. The number of carbonyl (C=O) groups is 2. The summed E-state index contributed by atoms with van der Waals surface area (Å²) >= 11 is 0. The van der Waals surface area contributed by atoms with Crippen molar-refractivity contribution in [3.8, 4) is 0 Å². The van der Waals surface area contributed by atoms with Crippen molar-refractivity contribution in [1.29, 1.82) is 0 Å². The second-order valence-electron chi connectivity index (χ2n) is 6.24.